The maximum atomic E-state index is 12.4. The molecule has 1 aromatic carbocycles. The third-order valence-electron chi connectivity index (χ3n) is 3.30. The van der Waals surface area contributed by atoms with Crippen molar-refractivity contribution in [2.24, 2.45) is 0 Å². The Morgan fingerprint density at radius 2 is 2.00 bits per heavy atom. The first-order valence-electron chi connectivity index (χ1n) is 7.26. The van der Waals surface area contributed by atoms with Gasteiger partial charge in [-0.25, -0.2) is 0 Å². The molecule has 1 heterocycles. The van der Waals surface area contributed by atoms with Crippen LogP contribution in [0.15, 0.2) is 23.1 Å². The van der Waals surface area contributed by atoms with Crippen molar-refractivity contribution in [1.82, 2.24) is 5.32 Å². The second-order valence-electron chi connectivity index (χ2n) is 4.88. The summed E-state index contributed by atoms with van der Waals surface area (Å²) in [6.45, 7) is 6.36. The molecule has 112 valence electrons. The van der Waals surface area contributed by atoms with E-state index in [2.05, 4.69) is 19.2 Å². The topological polar surface area (TPSA) is 47.6 Å². The Kier molecular flexibility index (Phi) is 5.86. The van der Waals surface area contributed by atoms with Crippen molar-refractivity contribution in [3.63, 3.8) is 0 Å². The van der Waals surface area contributed by atoms with Crippen LogP contribution < -0.4 is 14.8 Å². The fraction of sp³-hybridized carbons (Fsp3) is 0.600. The van der Waals surface area contributed by atoms with Gasteiger partial charge in [0.1, 0.15) is 13.2 Å². The molecule has 0 radical (unpaired) electrons. The zero-order valence-corrected chi connectivity index (χ0v) is 13.0. The molecular weight excluding hydrogens is 274 g/mol. The van der Waals surface area contributed by atoms with Gasteiger partial charge in [-0.3, -0.25) is 4.21 Å². The second kappa shape index (κ2) is 7.64. The van der Waals surface area contributed by atoms with Gasteiger partial charge in [0, 0.05) is 22.8 Å². The molecule has 1 aliphatic heterocycles. The molecule has 2 rings (SSSR count). The lowest BCUT2D eigenvalue weighted by atomic mass is 10.2. The summed E-state index contributed by atoms with van der Waals surface area (Å²) in [5.41, 5.74) is 0. The van der Waals surface area contributed by atoms with Gasteiger partial charge in [-0.15, -0.1) is 0 Å². The Morgan fingerprint density at radius 1 is 1.25 bits per heavy atom. The summed E-state index contributed by atoms with van der Waals surface area (Å²) in [5.74, 6) is 2.08. The van der Waals surface area contributed by atoms with E-state index in [4.69, 9.17) is 9.47 Å². The zero-order chi connectivity index (χ0) is 14.4. The number of benzene rings is 1. The van der Waals surface area contributed by atoms with Crippen molar-refractivity contribution >= 4 is 10.8 Å². The summed E-state index contributed by atoms with van der Waals surface area (Å²) in [5, 5.41) is 3.43. The van der Waals surface area contributed by atoms with Gasteiger partial charge >= 0.3 is 0 Å². The molecule has 1 aromatic rings. The highest BCUT2D eigenvalue weighted by Crippen LogP contribution is 2.31. The number of fused-ring (bicyclic) bond motifs is 1. The first kappa shape index (κ1) is 15.3. The van der Waals surface area contributed by atoms with E-state index in [0.717, 1.165) is 30.0 Å². The van der Waals surface area contributed by atoms with Crippen LogP contribution in [0.2, 0.25) is 0 Å². The molecule has 2 unspecified atom stereocenters. The Labute approximate surface area is 123 Å². The van der Waals surface area contributed by atoms with Crippen LogP contribution in [-0.2, 0) is 10.8 Å². The zero-order valence-electron chi connectivity index (χ0n) is 12.2. The van der Waals surface area contributed by atoms with E-state index < -0.39 is 10.8 Å². The fourth-order valence-electron chi connectivity index (χ4n) is 2.11. The highest BCUT2D eigenvalue weighted by atomic mass is 32.2. The SMILES string of the molecule is CCCNC(CC)CS(=O)c1ccc2c(c1)OCCO2. The number of hydrogen-bond acceptors (Lipinski definition) is 4. The molecule has 0 fully saturated rings. The summed E-state index contributed by atoms with van der Waals surface area (Å²) < 4.78 is 23.5. The van der Waals surface area contributed by atoms with E-state index in [1.807, 2.05) is 18.2 Å². The van der Waals surface area contributed by atoms with Crippen LogP contribution in [0.1, 0.15) is 26.7 Å². The number of hydrogen-bond donors (Lipinski definition) is 1. The van der Waals surface area contributed by atoms with Crippen LogP contribution in [-0.4, -0.2) is 35.8 Å². The Balaban J connectivity index is 2.01. The highest BCUT2D eigenvalue weighted by molar-refractivity contribution is 7.85. The molecule has 5 heteroatoms. The second-order valence-corrected chi connectivity index (χ2v) is 6.37. The van der Waals surface area contributed by atoms with Crippen LogP contribution in [0.4, 0.5) is 0 Å². The van der Waals surface area contributed by atoms with Gasteiger partial charge in [-0.1, -0.05) is 13.8 Å². The highest BCUT2D eigenvalue weighted by Gasteiger charge is 2.16. The lowest BCUT2D eigenvalue weighted by Crippen LogP contribution is -2.34. The lowest BCUT2D eigenvalue weighted by Gasteiger charge is -2.20. The molecule has 0 aliphatic carbocycles. The molecule has 1 N–H and O–H groups in total. The Bertz CT molecular complexity index is 464. The minimum Gasteiger partial charge on any atom is -0.486 e. The average molecular weight is 297 g/mol. The van der Waals surface area contributed by atoms with Gasteiger partial charge in [0.2, 0.25) is 0 Å². The van der Waals surface area contributed by atoms with E-state index in [9.17, 15) is 4.21 Å². The standard InChI is InChI=1S/C15H23NO3S/c1-3-7-16-12(4-2)11-20(17)13-5-6-14-15(10-13)19-9-8-18-14/h5-6,10,12,16H,3-4,7-9,11H2,1-2H3. The third-order valence-corrected chi connectivity index (χ3v) is 4.79. The molecule has 0 bridgehead atoms. The summed E-state index contributed by atoms with van der Waals surface area (Å²) >= 11 is 0. The van der Waals surface area contributed by atoms with Gasteiger partial charge in [0.15, 0.2) is 11.5 Å². The molecule has 0 spiro atoms. The quantitative estimate of drug-likeness (QED) is 0.839. The molecule has 2 atom stereocenters. The number of rotatable bonds is 7. The first-order valence-corrected chi connectivity index (χ1v) is 8.57. The Morgan fingerprint density at radius 3 is 2.70 bits per heavy atom. The van der Waals surface area contributed by atoms with E-state index >= 15 is 0 Å². The van der Waals surface area contributed by atoms with Crippen molar-refractivity contribution in [2.45, 2.75) is 37.6 Å². The van der Waals surface area contributed by atoms with E-state index in [1.165, 1.54) is 0 Å². The maximum Gasteiger partial charge on any atom is 0.162 e. The predicted molar refractivity (Wildman–Crippen MR) is 81.1 cm³/mol. The van der Waals surface area contributed by atoms with Crippen LogP contribution in [0, 0.1) is 0 Å². The monoisotopic (exact) mass is 297 g/mol. The van der Waals surface area contributed by atoms with Crippen LogP contribution in [0.25, 0.3) is 0 Å². The third kappa shape index (κ3) is 3.96. The van der Waals surface area contributed by atoms with Crippen molar-refractivity contribution in [3.05, 3.63) is 18.2 Å². The Hall–Kier alpha value is -1.07. The van der Waals surface area contributed by atoms with Gasteiger partial charge in [0.05, 0.1) is 10.8 Å². The van der Waals surface area contributed by atoms with Crippen molar-refractivity contribution in [3.8, 4) is 11.5 Å². The average Bonchev–Trinajstić information content (AvgIpc) is 2.50. The van der Waals surface area contributed by atoms with Crippen molar-refractivity contribution in [2.75, 3.05) is 25.5 Å². The predicted octanol–water partition coefficient (Wildman–Crippen LogP) is 2.34. The molecule has 0 amide bonds. The van der Waals surface area contributed by atoms with E-state index in [0.29, 0.717) is 30.8 Å². The maximum absolute atomic E-state index is 12.4. The smallest absolute Gasteiger partial charge is 0.162 e. The van der Waals surface area contributed by atoms with Gasteiger partial charge in [0.25, 0.3) is 0 Å². The van der Waals surface area contributed by atoms with Gasteiger partial charge in [-0.05, 0) is 31.5 Å². The largest absolute Gasteiger partial charge is 0.486 e. The fourth-order valence-corrected chi connectivity index (χ4v) is 3.48. The number of ether oxygens (including phenoxy) is 2. The van der Waals surface area contributed by atoms with Crippen LogP contribution >= 0.6 is 0 Å². The first-order chi connectivity index (χ1) is 9.74. The van der Waals surface area contributed by atoms with E-state index in [1.54, 1.807) is 0 Å². The minimum atomic E-state index is -1.01. The summed E-state index contributed by atoms with van der Waals surface area (Å²) in [4.78, 5) is 0.811. The van der Waals surface area contributed by atoms with Gasteiger partial charge < -0.3 is 14.8 Å². The molecule has 4 nitrogen and oxygen atoms in total. The lowest BCUT2D eigenvalue weighted by molar-refractivity contribution is 0.171. The summed E-state index contributed by atoms with van der Waals surface area (Å²) in [6, 6.07) is 5.86. The van der Waals surface area contributed by atoms with Crippen LogP contribution in [0.5, 0.6) is 11.5 Å². The summed E-state index contributed by atoms with van der Waals surface area (Å²) in [7, 11) is -1.01. The normalized spacial score (nSPS) is 16.7. The van der Waals surface area contributed by atoms with E-state index in [-0.39, 0.29) is 0 Å². The molecular formula is C15H23NO3S. The molecule has 0 saturated carbocycles. The molecule has 1 aliphatic rings. The molecule has 0 aromatic heterocycles. The summed E-state index contributed by atoms with van der Waals surface area (Å²) in [6.07, 6.45) is 2.07. The molecule has 20 heavy (non-hydrogen) atoms. The molecule has 0 saturated heterocycles. The number of nitrogens with one attached hydrogen (secondary N) is 1. The van der Waals surface area contributed by atoms with Crippen molar-refractivity contribution < 1.29 is 13.7 Å². The minimum absolute atomic E-state index is 0.295. The van der Waals surface area contributed by atoms with Gasteiger partial charge in [-0.2, -0.15) is 0 Å². The van der Waals surface area contributed by atoms with Crippen molar-refractivity contribution in [1.29, 1.82) is 0 Å². The van der Waals surface area contributed by atoms with Crippen LogP contribution in [0.3, 0.4) is 0 Å².